The molecule has 4 rings (SSSR count). The minimum Gasteiger partial charge on any atom is -0.497 e. The zero-order chi connectivity index (χ0) is 21.3. The van der Waals surface area contributed by atoms with Crippen molar-refractivity contribution in [1.82, 2.24) is 19.3 Å². The zero-order valence-electron chi connectivity index (χ0n) is 16.0. The van der Waals surface area contributed by atoms with E-state index in [-0.39, 0.29) is 11.4 Å². The monoisotopic (exact) mass is 490 g/mol. The van der Waals surface area contributed by atoms with E-state index < -0.39 is 5.82 Å². The Morgan fingerprint density at radius 2 is 1.97 bits per heavy atom. The SMILES string of the molecule is COc1ccc(Cn2cnn(-c3ccc(Oc4sc(Br)nc4C)c(F)c3)c2=O)cc1. The average molecular weight is 491 g/mol. The predicted octanol–water partition coefficient (Wildman–Crippen LogP) is 4.55. The van der Waals surface area contributed by atoms with E-state index in [2.05, 4.69) is 26.0 Å². The minimum absolute atomic E-state index is 0.0451. The van der Waals surface area contributed by atoms with Crippen LogP contribution in [0.4, 0.5) is 4.39 Å². The van der Waals surface area contributed by atoms with E-state index in [0.717, 1.165) is 16.0 Å². The van der Waals surface area contributed by atoms with Gasteiger partial charge in [0.25, 0.3) is 0 Å². The van der Waals surface area contributed by atoms with Crippen LogP contribution in [-0.4, -0.2) is 26.4 Å². The molecule has 2 heterocycles. The lowest BCUT2D eigenvalue weighted by molar-refractivity contribution is 0.414. The van der Waals surface area contributed by atoms with E-state index >= 15 is 0 Å². The van der Waals surface area contributed by atoms with Crippen molar-refractivity contribution in [3.63, 3.8) is 0 Å². The van der Waals surface area contributed by atoms with Crippen LogP contribution in [0, 0.1) is 12.7 Å². The number of hydrogen-bond acceptors (Lipinski definition) is 6. The largest absolute Gasteiger partial charge is 0.497 e. The number of nitrogens with zero attached hydrogens (tertiary/aromatic N) is 4. The lowest BCUT2D eigenvalue weighted by Crippen LogP contribution is -2.24. The number of thiazole rings is 1. The summed E-state index contributed by atoms with van der Waals surface area (Å²) in [5, 5.41) is 4.60. The van der Waals surface area contributed by atoms with Gasteiger partial charge < -0.3 is 9.47 Å². The molecule has 0 radical (unpaired) electrons. The van der Waals surface area contributed by atoms with Crippen LogP contribution in [-0.2, 0) is 6.54 Å². The Morgan fingerprint density at radius 1 is 1.20 bits per heavy atom. The Hall–Kier alpha value is -2.98. The molecular formula is C20H16BrFN4O3S. The molecule has 0 fully saturated rings. The first-order valence-corrected chi connectivity index (χ1v) is 10.4. The molecule has 0 saturated heterocycles. The van der Waals surface area contributed by atoms with Crippen molar-refractivity contribution < 1.29 is 13.9 Å². The third-order valence-electron chi connectivity index (χ3n) is 4.34. The molecule has 0 aliphatic carbocycles. The lowest BCUT2D eigenvalue weighted by atomic mass is 10.2. The molecular weight excluding hydrogens is 475 g/mol. The summed E-state index contributed by atoms with van der Waals surface area (Å²) in [5.74, 6) is 0.178. The highest BCUT2D eigenvalue weighted by Gasteiger charge is 2.14. The Bertz CT molecular complexity index is 1250. The first kappa shape index (κ1) is 20.3. The van der Waals surface area contributed by atoms with E-state index in [0.29, 0.717) is 26.9 Å². The fourth-order valence-corrected chi connectivity index (χ4v) is 4.16. The first-order chi connectivity index (χ1) is 14.4. The highest BCUT2D eigenvalue weighted by Crippen LogP contribution is 2.35. The van der Waals surface area contributed by atoms with Gasteiger partial charge >= 0.3 is 5.69 Å². The highest BCUT2D eigenvalue weighted by atomic mass is 79.9. The molecule has 0 aliphatic rings. The molecule has 30 heavy (non-hydrogen) atoms. The third kappa shape index (κ3) is 4.14. The molecule has 0 N–H and O–H groups in total. The van der Waals surface area contributed by atoms with Gasteiger partial charge in [-0.1, -0.05) is 23.5 Å². The maximum Gasteiger partial charge on any atom is 0.350 e. The van der Waals surface area contributed by atoms with Crippen LogP contribution in [0.1, 0.15) is 11.3 Å². The van der Waals surface area contributed by atoms with Gasteiger partial charge in [-0.2, -0.15) is 9.78 Å². The predicted molar refractivity (Wildman–Crippen MR) is 115 cm³/mol. The number of hydrogen-bond donors (Lipinski definition) is 0. The van der Waals surface area contributed by atoms with E-state index in [1.54, 1.807) is 20.1 Å². The molecule has 0 bridgehead atoms. The fraction of sp³-hybridized carbons (Fsp3) is 0.150. The maximum absolute atomic E-state index is 14.6. The van der Waals surface area contributed by atoms with Gasteiger partial charge in [0, 0.05) is 6.07 Å². The first-order valence-electron chi connectivity index (χ1n) is 8.82. The van der Waals surface area contributed by atoms with Gasteiger partial charge in [0.15, 0.2) is 15.5 Å². The second-order valence-electron chi connectivity index (χ2n) is 6.36. The molecule has 7 nitrogen and oxygen atoms in total. The Balaban J connectivity index is 1.56. The normalized spacial score (nSPS) is 10.9. The van der Waals surface area contributed by atoms with Gasteiger partial charge in [-0.25, -0.2) is 14.2 Å². The van der Waals surface area contributed by atoms with E-state index in [9.17, 15) is 9.18 Å². The summed E-state index contributed by atoms with van der Waals surface area (Å²) in [7, 11) is 1.59. The van der Waals surface area contributed by atoms with Crippen LogP contribution >= 0.6 is 27.3 Å². The van der Waals surface area contributed by atoms with Gasteiger partial charge in [0.05, 0.1) is 25.0 Å². The summed E-state index contributed by atoms with van der Waals surface area (Å²) >= 11 is 4.54. The van der Waals surface area contributed by atoms with Gasteiger partial charge in [-0.05, 0) is 52.7 Å². The quantitative estimate of drug-likeness (QED) is 0.396. The van der Waals surface area contributed by atoms with Crippen LogP contribution in [0.5, 0.6) is 16.6 Å². The molecule has 0 aliphatic heterocycles. The topological polar surface area (TPSA) is 71.2 Å². The van der Waals surface area contributed by atoms with E-state index in [1.165, 1.54) is 34.4 Å². The number of benzene rings is 2. The van der Waals surface area contributed by atoms with Crippen LogP contribution in [0.25, 0.3) is 5.69 Å². The van der Waals surface area contributed by atoms with E-state index in [1.807, 2.05) is 24.3 Å². The zero-order valence-corrected chi connectivity index (χ0v) is 18.4. The van der Waals surface area contributed by atoms with Crippen LogP contribution in [0.3, 0.4) is 0 Å². The average Bonchev–Trinajstić information content (AvgIpc) is 3.25. The Morgan fingerprint density at radius 3 is 2.60 bits per heavy atom. The Labute approximate surface area is 183 Å². The van der Waals surface area contributed by atoms with Crippen molar-refractivity contribution in [1.29, 1.82) is 0 Å². The summed E-state index contributed by atoms with van der Waals surface area (Å²) in [6.45, 7) is 2.12. The van der Waals surface area contributed by atoms with Gasteiger partial charge in [-0.15, -0.1) is 0 Å². The fourth-order valence-electron chi connectivity index (χ4n) is 2.80. The summed E-state index contributed by atoms with van der Waals surface area (Å²) in [5.41, 5.74) is 1.50. The Kier molecular flexibility index (Phi) is 5.69. The number of ether oxygens (including phenoxy) is 2. The molecule has 0 spiro atoms. The molecule has 154 valence electrons. The van der Waals surface area contributed by atoms with Gasteiger partial charge in [0.1, 0.15) is 12.1 Å². The number of aryl methyl sites for hydroxylation is 1. The molecule has 2 aromatic carbocycles. The number of methoxy groups -OCH3 is 1. The molecule has 0 amide bonds. The van der Waals surface area contributed by atoms with Crippen molar-refractivity contribution in [2.75, 3.05) is 7.11 Å². The number of aromatic nitrogens is 4. The lowest BCUT2D eigenvalue weighted by Gasteiger charge is -2.07. The third-order valence-corrected chi connectivity index (χ3v) is 5.82. The standard InChI is InChI=1S/C20H16BrFN4O3S/c1-12-18(30-19(21)24-12)29-17-8-5-14(9-16(17)22)26-20(27)25(11-23-26)10-13-3-6-15(28-2)7-4-13/h3-9,11H,10H2,1-2H3. The second kappa shape index (κ2) is 8.41. The molecule has 4 aromatic rings. The molecule has 0 saturated carbocycles. The van der Waals surface area contributed by atoms with Crippen molar-refractivity contribution in [2.24, 2.45) is 0 Å². The summed E-state index contributed by atoms with van der Waals surface area (Å²) in [4.78, 5) is 16.9. The summed E-state index contributed by atoms with van der Waals surface area (Å²) in [6, 6.07) is 11.6. The van der Waals surface area contributed by atoms with Gasteiger partial charge in [-0.3, -0.25) is 4.57 Å². The van der Waals surface area contributed by atoms with Crippen LogP contribution in [0.2, 0.25) is 0 Å². The van der Waals surface area contributed by atoms with Crippen molar-refractivity contribution in [3.8, 4) is 22.2 Å². The number of halogens is 2. The van der Waals surface area contributed by atoms with Crippen LogP contribution in [0.15, 0.2) is 57.5 Å². The number of rotatable bonds is 6. The van der Waals surface area contributed by atoms with Crippen molar-refractivity contribution >= 4 is 27.3 Å². The molecule has 0 atom stereocenters. The highest BCUT2D eigenvalue weighted by molar-refractivity contribution is 9.11. The minimum atomic E-state index is -0.604. The second-order valence-corrected chi connectivity index (χ2v) is 8.60. The summed E-state index contributed by atoms with van der Waals surface area (Å²) < 4.78 is 28.6. The maximum atomic E-state index is 14.6. The van der Waals surface area contributed by atoms with Gasteiger partial charge in [0.2, 0.25) is 5.06 Å². The summed E-state index contributed by atoms with van der Waals surface area (Å²) in [6.07, 6.45) is 1.42. The van der Waals surface area contributed by atoms with Crippen molar-refractivity contribution in [2.45, 2.75) is 13.5 Å². The molecule has 2 aromatic heterocycles. The molecule has 0 unspecified atom stereocenters. The van der Waals surface area contributed by atoms with E-state index in [4.69, 9.17) is 9.47 Å². The smallest absolute Gasteiger partial charge is 0.350 e. The van der Waals surface area contributed by atoms with Crippen LogP contribution < -0.4 is 15.2 Å². The van der Waals surface area contributed by atoms with Crippen molar-refractivity contribution in [3.05, 3.63) is 80.3 Å². The molecule has 10 heteroatoms.